The lowest BCUT2D eigenvalue weighted by Crippen LogP contribution is -1.92. The van der Waals surface area contributed by atoms with Crippen LogP contribution in [0.25, 0.3) is 5.65 Å². The summed E-state index contributed by atoms with van der Waals surface area (Å²) in [4.78, 5) is 4.00. The molecule has 0 aliphatic heterocycles. The third-order valence-electron chi connectivity index (χ3n) is 1.88. The van der Waals surface area contributed by atoms with E-state index in [4.69, 9.17) is 5.26 Å². The Morgan fingerprint density at radius 1 is 1.62 bits per heavy atom. The third-order valence-corrected chi connectivity index (χ3v) is 1.88. The third kappa shape index (κ3) is 1.05. The van der Waals surface area contributed by atoms with E-state index in [0.717, 1.165) is 5.69 Å². The van der Waals surface area contributed by atoms with E-state index in [1.54, 1.807) is 17.5 Å². The van der Waals surface area contributed by atoms with E-state index < -0.39 is 5.82 Å². The maximum Gasteiger partial charge on any atom is 0.155 e. The molecule has 2 heterocycles. The van der Waals surface area contributed by atoms with Crippen molar-refractivity contribution >= 4 is 5.65 Å². The molecule has 0 aliphatic carbocycles. The van der Waals surface area contributed by atoms with Crippen molar-refractivity contribution in [2.45, 2.75) is 6.92 Å². The highest BCUT2D eigenvalue weighted by molar-refractivity contribution is 5.55. The summed E-state index contributed by atoms with van der Waals surface area (Å²) in [6.45, 7) is 1.81. The molecule has 2 aromatic heterocycles. The van der Waals surface area contributed by atoms with Crippen LogP contribution >= 0.6 is 0 Å². The molecule has 0 unspecified atom stereocenters. The predicted octanol–water partition coefficient (Wildman–Crippen LogP) is 1.65. The van der Waals surface area contributed by atoms with Crippen molar-refractivity contribution in [2.24, 2.45) is 0 Å². The summed E-state index contributed by atoms with van der Waals surface area (Å²) >= 11 is 0. The zero-order chi connectivity index (χ0) is 9.42. The fourth-order valence-electron chi connectivity index (χ4n) is 1.25. The van der Waals surface area contributed by atoms with Gasteiger partial charge in [0, 0.05) is 18.1 Å². The molecule has 0 saturated heterocycles. The van der Waals surface area contributed by atoms with Crippen molar-refractivity contribution < 1.29 is 4.39 Å². The Hall–Kier alpha value is -1.89. The normalized spacial score (nSPS) is 10.2. The maximum absolute atomic E-state index is 12.9. The van der Waals surface area contributed by atoms with Crippen LogP contribution in [-0.4, -0.2) is 9.38 Å². The Balaban J connectivity index is 2.94. The number of aromatic nitrogens is 2. The molecule has 64 valence electrons. The Labute approximate surface area is 74.1 Å². The fourth-order valence-corrected chi connectivity index (χ4v) is 1.25. The molecule has 0 fully saturated rings. The van der Waals surface area contributed by atoms with Gasteiger partial charge in [-0.15, -0.1) is 0 Å². The van der Waals surface area contributed by atoms with Crippen LogP contribution in [0.1, 0.15) is 11.3 Å². The molecule has 13 heavy (non-hydrogen) atoms. The van der Waals surface area contributed by atoms with Crippen LogP contribution in [0.3, 0.4) is 0 Å². The second-order valence-electron chi connectivity index (χ2n) is 2.78. The topological polar surface area (TPSA) is 41.1 Å². The summed E-state index contributed by atoms with van der Waals surface area (Å²) in [6, 6.07) is 3.08. The zero-order valence-electron chi connectivity index (χ0n) is 6.95. The average molecular weight is 175 g/mol. The average Bonchev–Trinajstić information content (AvgIpc) is 2.47. The van der Waals surface area contributed by atoms with E-state index >= 15 is 0 Å². The van der Waals surface area contributed by atoms with Gasteiger partial charge in [0.05, 0.1) is 5.56 Å². The molecule has 0 amide bonds. The standard InChI is InChI=1S/C9H6FN3/c1-6-4-12-9-7(3-11)2-8(10)5-13(6)9/h2,4-5H,1H3. The van der Waals surface area contributed by atoms with Gasteiger partial charge < -0.3 is 4.40 Å². The van der Waals surface area contributed by atoms with Crippen molar-refractivity contribution in [1.82, 2.24) is 9.38 Å². The highest BCUT2D eigenvalue weighted by atomic mass is 19.1. The summed E-state index contributed by atoms with van der Waals surface area (Å²) < 4.78 is 14.5. The summed E-state index contributed by atoms with van der Waals surface area (Å²) in [5.74, 6) is -0.426. The Kier molecular flexibility index (Phi) is 1.52. The van der Waals surface area contributed by atoms with Gasteiger partial charge >= 0.3 is 0 Å². The van der Waals surface area contributed by atoms with Gasteiger partial charge in [0.2, 0.25) is 0 Å². The fraction of sp³-hybridized carbons (Fsp3) is 0.111. The van der Waals surface area contributed by atoms with Gasteiger partial charge in [0.25, 0.3) is 0 Å². The number of hydrogen-bond acceptors (Lipinski definition) is 2. The first-order valence-corrected chi connectivity index (χ1v) is 3.75. The molecular weight excluding hydrogens is 169 g/mol. The van der Waals surface area contributed by atoms with Gasteiger partial charge in [-0.3, -0.25) is 0 Å². The molecule has 2 aromatic rings. The summed E-state index contributed by atoms with van der Waals surface area (Å²) in [6.07, 6.45) is 2.92. The first kappa shape index (κ1) is 7.74. The molecule has 0 atom stereocenters. The van der Waals surface area contributed by atoms with Crippen LogP contribution in [0, 0.1) is 24.1 Å². The quantitative estimate of drug-likeness (QED) is 0.610. The highest BCUT2D eigenvalue weighted by Crippen LogP contribution is 2.12. The second kappa shape index (κ2) is 2.56. The van der Waals surface area contributed by atoms with Gasteiger partial charge in [0.1, 0.15) is 11.9 Å². The zero-order valence-corrected chi connectivity index (χ0v) is 6.95. The molecule has 0 spiro atoms. The van der Waals surface area contributed by atoms with Gasteiger partial charge in [-0.25, -0.2) is 9.37 Å². The minimum Gasteiger partial charge on any atom is -0.300 e. The van der Waals surface area contributed by atoms with E-state index in [-0.39, 0.29) is 5.56 Å². The molecule has 4 heteroatoms. The number of pyridine rings is 1. The monoisotopic (exact) mass is 175 g/mol. The van der Waals surface area contributed by atoms with Crippen LogP contribution in [0.5, 0.6) is 0 Å². The molecule has 0 bridgehead atoms. The SMILES string of the molecule is Cc1cnc2c(C#N)cc(F)cn12. The van der Waals surface area contributed by atoms with E-state index in [2.05, 4.69) is 4.98 Å². The first-order chi connectivity index (χ1) is 6.22. The van der Waals surface area contributed by atoms with Crippen molar-refractivity contribution in [3.8, 4) is 6.07 Å². The van der Waals surface area contributed by atoms with Crippen molar-refractivity contribution in [2.75, 3.05) is 0 Å². The van der Waals surface area contributed by atoms with Gasteiger partial charge in [-0.05, 0) is 13.0 Å². The molecule has 0 saturated carbocycles. The Morgan fingerprint density at radius 2 is 2.38 bits per heavy atom. The van der Waals surface area contributed by atoms with Gasteiger partial charge in [0.15, 0.2) is 5.65 Å². The Morgan fingerprint density at radius 3 is 3.08 bits per heavy atom. The number of hydrogen-bond donors (Lipinski definition) is 0. The number of nitriles is 1. The maximum atomic E-state index is 12.9. The molecule has 2 rings (SSSR count). The first-order valence-electron chi connectivity index (χ1n) is 3.75. The van der Waals surface area contributed by atoms with Crippen LogP contribution < -0.4 is 0 Å². The smallest absolute Gasteiger partial charge is 0.155 e. The lowest BCUT2D eigenvalue weighted by atomic mass is 10.3. The summed E-state index contributed by atoms with van der Waals surface area (Å²) in [5, 5.41) is 8.70. The number of fused-ring (bicyclic) bond motifs is 1. The van der Waals surface area contributed by atoms with E-state index in [0.29, 0.717) is 5.65 Å². The number of nitrogens with zero attached hydrogens (tertiary/aromatic N) is 3. The minimum absolute atomic E-state index is 0.258. The summed E-state index contributed by atoms with van der Waals surface area (Å²) in [5.41, 5.74) is 1.57. The van der Waals surface area contributed by atoms with Crippen LogP contribution in [0.4, 0.5) is 4.39 Å². The van der Waals surface area contributed by atoms with E-state index in [1.165, 1.54) is 12.3 Å². The summed E-state index contributed by atoms with van der Waals surface area (Å²) in [7, 11) is 0. The molecule has 0 aromatic carbocycles. The number of aryl methyl sites for hydroxylation is 1. The van der Waals surface area contributed by atoms with E-state index in [1.807, 2.05) is 6.07 Å². The molecule has 0 N–H and O–H groups in total. The molecular formula is C9H6FN3. The number of halogens is 1. The highest BCUT2D eigenvalue weighted by Gasteiger charge is 2.06. The van der Waals surface area contributed by atoms with Crippen molar-refractivity contribution in [1.29, 1.82) is 5.26 Å². The van der Waals surface area contributed by atoms with Crippen molar-refractivity contribution in [3.63, 3.8) is 0 Å². The number of imidazole rings is 1. The van der Waals surface area contributed by atoms with Gasteiger partial charge in [-0.2, -0.15) is 5.26 Å². The lowest BCUT2D eigenvalue weighted by Gasteiger charge is -1.97. The molecule has 0 radical (unpaired) electrons. The minimum atomic E-state index is -0.426. The second-order valence-corrected chi connectivity index (χ2v) is 2.78. The Bertz CT molecular complexity index is 507. The molecule has 3 nitrogen and oxygen atoms in total. The lowest BCUT2D eigenvalue weighted by molar-refractivity contribution is 0.618. The van der Waals surface area contributed by atoms with Crippen LogP contribution in [-0.2, 0) is 0 Å². The van der Waals surface area contributed by atoms with Crippen molar-refractivity contribution in [3.05, 3.63) is 35.5 Å². The predicted molar refractivity (Wildman–Crippen MR) is 44.6 cm³/mol. The van der Waals surface area contributed by atoms with Gasteiger partial charge in [-0.1, -0.05) is 0 Å². The van der Waals surface area contributed by atoms with Crippen LogP contribution in [0.2, 0.25) is 0 Å². The largest absolute Gasteiger partial charge is 0.300 e. The van der Waals surface area contributed by atoms with Crippen LogP contribution in [0.15, 0.2) is 18.5 Å². The molecule has 0 aliphatic rings. The van der Waals surface area contributed by atoms with E-state index in [9.17, 15) is 4.39 Å². The number of rotatable bonds is 0.